The van der Waals surface area contributed by atoms with E-state index < -0.39 is 11.2 Å². The van der Waals surface area contributed by atoms with Crippen molar-refractivity contribution >= 4 is 21.8 Å². The highest BCUT2D eigenvalue weighted by Gasteiger charge is 2.35. The average Bonchev–Trinajstić information content (AvgIpc) is 2.61. The monoisotopic (exact) mass is 405 g/mol. The molecular weight excluding hydrogens is 386 g/mol. The zero-order valence-electron chi connectivity index (χ0n) is 13.8. The number of carbonyl (C=O) groups is 1. The number of rotatable bonds is 4. The lowest BCUT2D eigenvalue weighted by atomic mass is 9.76. The van der Waals surface area contributed by atoms with E-state index in [0.29, 0.717) is 0 Å². The van der Waals surface area contributed by atoms with Gasteiger partial charge in [-0.3, -0.25) is 19.1 Å². The molecular formula is C18H20BrN3O3. The summed E-state index contributed by atoms with van der Waals surface area (Å²) in [5, 5.41) is 3.15. The standard InChI is InChI=1S/C18H20BrN3O3/c19-14-11-22(17(25)20-16(14)24)12-15(23)21-18(9-5-2-6-10-18)13-7-3-1-4-8-13/h1,3-4,7-8,11H,2,5-6,9-10,12H2,(H,21,23)(H,20,24,25). The minimum Gasteiger partial charge on any atom is -0.345 e. The second kappa shape index (κ2) is 7.39. The smallest absolute Gasteiger partial charge is 0.328 e. The maximum Gasteiger partial charge on any atom is 0.328 e. The first-order valence-corrected chi connectivity index (χ1v) is 9.15. The van der Waals surface area contributed by atoms with Crippen LogP contribution in [-0.2, 0) is 16.9 Å². The minimum absolute atomic E-state index is 0.136. The van der Waals surface area contributed by atoms with Crippen LogP contribution in [0.2, 0.25) is 0 Å². The molecule has 0 bridgehead atoms. The molecule has 0 spiro atoms. The molecule has 3 rings (SSSR count). The molecule has 1 aromatic heterocycles. The van der Waals surface area contributed by atoms with E-state index >= 15 is 0 Å². The van der Waals surface area contributed by atoms with Crippen LogP contribution in [-0.4, -0.2) is 15.5 Å². The molecule has 0 saturated heterocycles. The van der Waals surface area contributed by atoms with Crippen LogP contribution in [0.3, 0.4) is 0 Å². The van der Waals surface area contributed by atoms with Gasteiger partial charge in [-0.25, -0.2) is 4.79 Å². The summed E-state index contributed by atoms with van der Waals surface area (Å²) in [5.74, 6) is -0.244. The van der Waals surface area contributed by atoms with Gasteiger partial charge in [-0.15, -0.1) is 0 Å². The summed E-state index contributed by atoms with van der Waals surface area (Å²) >= 11 is 3.08. The molecule has 1 saturated carbocycles. The van der Waals surface area contributed by atoms with Gasteiger partial charge in [0.15, 0.2) is 0 Å². The molecule has 2 aromatic rings. The van der Waals surface area contributed by atoms with E-state index in [0.717, 1.165) is 37.7 Å². The highest BCUT2D eigenvalue weighted by atomic mass is 79.9. The first-order valence-electron chi connectivity index (χ1n) is 8.36. The van der Waals surface area contributed by atoms with Gasteiger partial charge in [-0.1, -0.05) is 49.6 Å². The third-order valence-electron chi connectivity index (χ3n) is 4.69. The summed E-state index contributed by atoms with van der Waals surface area (Å²) in [5.41, 5.74) is -0.395. The zero-order chi connectivity index (χ0) is 17.9. The van der Waals surface area contributed by atoms with Crippen molar-refractivity contribution in [2.24, 2.45) is 0 Å². The number of amides is 1. The summed E-state index contributed by atoms with van der Waals surface area (Å²) in [6.45, 7) is -0.136. The number of H-pyrrole nitrogens is 1. The van der Waals surface area contributed by atoms with Gasteiger partial charge < -0.3 is 5.32 Å². The van der Waals surface area contributed by atoms with Crippen molar-refractivity contribution in [1.82, 2.24) is 14.9 Å². The quantitative estimate of drug-likeness (QED) is 0.817. The van der Waals surface area contributed by atoms with E-state index in [9.17, 15) is 14.4 Å². The first kappa shape index (κ1) is 17.7. The fraction of sp³-hybridized carbons (Fsp3) is 0.389. The van der Waals surface area contributed by atoms with E-state index in [1.807, 2.05) is 30.3 Å². The average molecular weight is 406 g/mol. The topological polar surface area (TPSA) is 84.0 Å². The Balaban J connectivity index is 1.83. The van der Waals surface area contributed by atoms with Crippen LogP contribution in [0.25, 0.3) is 0 Å². The number of nitrogens with one attached hydrogen (secondary N) is 2. The molecule has 1 aliphatic carbocycles. The zero-order valence-corrected chi connectivity index (χ0v) is 15.3. The summed E-state index contributed by atoms with van der Waals surface area (Å²) in [4.78, 5) is 38.1. The number of nitrogens with zero attached hydrogens (tertiary/aromatic N) is 1. The van der Waals surface area contributed by atoms with E-state index in [4.69, 9.17) is 0 Å². The summed E-state index contributed by atoms with van der Waals surface area (Å²) in [7, 11) is 0. The molecule has 132 valence electrons. The summed E-state index contributed by atoms with van der Waals surface area (Å²) < 4.78 is 1.41. The number of halogens is 1. The van der Waals surface area contributed by atoms with Crippen LogP contribution in [0.4, 0.5) is 0 Å². The van der Waals surface area contributed by atoms with Gasteiger partial charge in [0.05, 0.1) is 10.0 Å². The minimum atomic E-state index is -0.597. The SMILES string of the molecule is O=C(Cn1cc(Br)c(=O)[nH]c1=O)NC1(c2ccccc2)CCCCC1. The van der Waals surface area contributed by atoms with E-state index in [1.165, 1.54) is 10.8 Å². The molecule has 6 nitrogen and oxygen atoms in total. The molecule has 1 fully saturated rings. The van der Waals surface area contributed by atoms with Crippen LogP contribution in [0.1, 0.15) is 37.7 Å². The van der Waals surface area contributed by atoms with Gasteiger partial charge in [-0.2, -0.15) is 0 Å². The van der Waals surface area contributed by atoms with Gasteiger partial charge in [0.25, 0.3) is 5.56 Å². The van der Waals surface area contributed by atoms with E-state index in [1.54, 1.807) is 0 Å². The number of carbonyl (C=O) groups excluding carboxylic acids is 1. The summed E-state index contributed by atoms with van der Waals surface area (Å²) in [6.07, 6.45) is 6.38. The Morgan fingerprint density at radius 2 is 1.84 bits per heavy atom. The molecule has 25 heavy (non-hydrogen) atoms. The largest absolute Gasteiger partial charge is 0.345 e. The molecule has 0 aliphatic heterocycles. The van der Waals surface area contributed by atoms with Crippen LogP contribution in [0, 0.1) is 0 Å². The third-order valence-corrected chi connectivity index (χ3v) is 5.26. The highest BCUT2D eigenvalue weighted by molar-refractivity contribution is 9.10. The lowest BCUT2D eigenvalue weighted by Crippen LogP contribution is -2.49. The first-order chi connectivity index (χ1) is 12.0. The fourth-order valence-electron chi connectivity index (χ4n) is 3.46. The Hall–Kier alpha value is -2.15. The van der Waals surface area contributed by atoms with Gasteiger partial charge in [0, 0.05) is 6.20 Å². The molecule has 0 unspecified atom stereocenters. The molecule has 0 atom stereocenters. The van der Waals surface area contributed by atoms with Crippen LogP contribution in [0.5, 0.6) is 0 Å². The number of benzene rings is 1. The Labute approximate surface area is 153 Å². The van der Waals surface area contributed by atoms with Crippen molar-refractivity contribution < 1.29 is 4.79 Å². The maximum atomic E-state index is 12.6. The maximum absolute atomic E-state index is 12.6. The van der Waals surface area contributed by atoms with Crippen molar-refractivity contribution in [3.8, 4) is 0 Å². The third kappa shape index (κ3) is 3.92. The lowest BCUT2D eigenvalue weighted by Gasteiger charge is -2.38. The molecule has 1 aliphatic rings. The van der Waals surface area contributed by atoms with Crippen LogP contribution in [0.15, 0.2) is 50.6 Å². The van der Waals surface area contributed by atoms with E-state index in [2.05, 4.69) is 26.2 Å². The van der Waals surface area contributed by atoms with Gasteiger partial charge >= 0.3 is 5.69 Å². The van der Waals surface area contributed by atoms with Crippen molar-refractivity contribution in [3.63, 3.8) is 0 Å². The second-order valence-electron chi connectivity index (χ2n) is 6.42. The Bertz CT molecular complexity index is 867. The van der Waals surface area contributed by atoms with Crippen LogP contribution < -0.4 is 16.6 Å². The Morgan fingerprint density at radius 3 is 2.52 bits per heavy atom. The molecule has 1 aromatic carbocycles. The fourth-order valence-corrected chi connectivity index (χ4v) is 3.81. The number of hydrogen-bond donors (Lipinski definition) is 2. The number of hydrogen-bond acceptors (Lipinski definition) is 3. The highest BCUT2D eigenvalue weighted by Crippen LogP contribution is 2.37. The van der Waals surface area contributed by atoms with Crippen molar-refractivity contribution in [2.45, 2.75) is 44.2 Å². The normalized spacial score (nSPS) is 16.4. The van der Waals surface area contributed by atoms with E-state index in [-0.39, 0.29) is 22.5 Å². The van der Waals surface area contributed by atoms with Gasteiger partial charge in [0.2, 0.25) is 5.91 Å². The number of aromatic amines is 1. The van der Waals surface area contributed by atoms with Crippen molar-refractivity contribution in [2.75, 3.05) is 0 Å². The van der Waals surface area contributed by atoms with Gasteiger partial charge in [-0.05, 0) is 34.3 Å². The predicted octanol–water partition coefficient (Wildman–Crippen LogP) is 2.27. The lowest BCUT2D eigenvalue weighted by molar-refractivity contribution is -0.124. The molecule has 7 heteroatoms. The van der Waals surface area contributed by atoms with Crippen molar-refractivity contribution in [1.29, 1.82) is 0 Å². The Kier molecular flexibility index (Phi) is 5.22. The predicted molar refractivity (Wildman–Crippen MR) is 98.4 cm³/mol. The molecule has 2 N–H and O–H groups in total. The molecule has 0 radical (unpaired) electrons. The number of aromatic nitrogens is 2. The van der Waals surface area contributed by atoms with Crippen molar-refractivity contribution in [3.05, 3.63) is 67.4 Å². The van der Waals surface area contributed by atoms with Crippen LogP contribution >= 0.6 is 15.9 Å². The molecule has 1 heterocycles. The van der Waals surface area contributed by atoms with Gasteiger partial charge in [0.1, 0.15) is 6.54 Å². The Morgan fingerprint density at radius 1 is 1.16 bits per heavy atom. The molecule has 1 amide bonds. The second-order valence-corrected chi connectivity index (χ2v) is 7.28. The summed E-state index contributed by atoms with van der Waals surface area (Å²) in [6, 6.07) is 9.98.